The summed E-state index contributed by atoms with van der Waals surface area (Å²) < 4.78 is 5.73. The van der Waals surface area contributed by atoms with Crippen LogP contribution < -0.4 is 10.5 Å². The predicted octanol–water partition coefficient (Wildman–Crippen LogP) is 3.42. The molecule has 0 aliphatic carbocycles. The molecule has 6 nitrogen and oxygen atoms in total. The minimum atomic E-state index is -0.402. The third-order valence-corrected chi connectivity index (χ3v) is 3.19. The Morgan fingerprint density at radius 3 is 2.62 bits per heavy atom. The molecule has 1 aromatic heterocycles. The van der Waals surface area contributed by atoms with E-state index in [-0.39, 0.29) is 11.7 Å². The summed E-state index contributed by atoms with van der Waals surface area (Å²) in [5, 5.41) is 10.9. The molecule has 0 fully saturated rings. The second-order valence-corrected chi connectivity index (χ2v) is 4.98. The summed E-state index contributed by atoms with van der Waals surface area (Å²) in [7, 11) is 0. The number of hydrogen-bond acceptors (Lipinski definition) is 5. The molecule has 0 amide bonds. The normalized spacial score (nSPS) is 12.0. The fraction of sp³-hybridized carbons (Fsp3) is 0.267. The van der Waals surface area contributed by atoms with E-state index >= 15 is 0 Å². The van der Waals surface area contributed by atoms with E-state index < -0.39 is 4.92 Å². The van der Waals surface area contributed by atoms with Gasteiger partial charge in [-0.2, -0.15) is 0 Å². The summed E-state index contributed by atoms with van der Waals surface area (Å²) in [5.41, 5.74) is 8.04. The molecule has 0 bridgehead atoms. The van der Waals surface area contributed by atoms with Crippen LogP contribution in [0.4, 0.5) is 5.69 Å². The lowest BCUT2D eigenvalue weighted by Crippen LogP contribution is -2.05. The molecule has 0 spiro atoms. The average molecular weight is 287 g/mol. The average Bonchev–Trinajstić information content (AvgIpc) is 2.42. The predicted molar refractivity (Wildman–Crippen MR) is 79.5 cm³/mol. The van der Waals surface area contributed by atoms with Crippen molar-refractivity contribution < 1.29 is 9.66 Å². The van der Waals surface area contributed by atoms with Crippen LogP contribution in [0.15, 0.2) is 30.5 Å². The molecule has 21 heavy (non-hydrogen) atoms. The van der Waals surface area contributed by atoms with Crippen LogP contribution >= 0.6 is 0 Å². The molecule has 0 radical (unpaired) electrons. The first kappa shape index (κ1) is 14.9. The number of hydrogen-bond donors (Lipinski definition) is 1. The number of nitrogens with two attached hydrogens (primary N) is 1. The minimum Gasteiger partial charge on any atom is -0.439 e. The number of aryl methyl sites for hydroxylation is 2. The molecule has 1 unspecified atom stereocenters. The summed E-state index contributed by atoms with van der Waals surface area (Å²) in [6.07, 6.45) is 1.63. The Hall–Kier alpha value is -2.47. The Balaban J connectivity index is 2.34. The molecule has 6 heteroatoms. The Bertz CT molecular complexity index is 684. The molecular formula is C15H17N3O3. The summed E-state index contributed by atoms with van der Waals surface area (Å²) in [4.78, 5) is 14.6. The molecule has 0 saturated carbocycles. The highest BCUT2D eigenvalue weighted by Crippen LogP contribution is 2.30. The van der Waals surface area contributed by atoms with Crippen molar-refractivity contribution in [1.29, 1.82) is 0 Å². The highest BCUT2D eigenvalue weighted by molar-refractivity contribution is 5.50. The lowest BCUT2D eigenvalue weighted by Gasteiger charge is -2.11. The Morgan fingerprint density at radius 2 is 2.00 bits per heavy atom. The molecule has 0 aliphatic heterocycles. The van der Waals surface area contributed by atoms with Gasteiger partial charge >= 0.3 is 0 Å². The molecule has 1 atom stereocenters. The number of nitrogens with zero attached hydrogens (tertiary/aromatic N) is 2. The van der Waals surface area contributed by atoms with Crippen LogP contribution in [0.1, 0.15) is 29.7 Å². The van der Waals surface area contributed by atoms with Gasteiger partial charge in [-0.15, -0.1) is 0 Å². The first-order valence-corrected chi connectivity index (χ1v) is 6.53. The van der Waals surface area contributed by atoms with Gasteiger partial charge in [0.15, 0.2) is 0 Å². The number of rotatable bonds is 4. The zero-order valence-corrected chi connectivity index (χ0v) is 12.2. The van der Waals surface area contributed by atoms with E-state index in [0.717, 1.165) is 5.56 Å². The molecular weight excluding hydrogens is 270 g/mol. The van der Waals surface area contributed by atoms with Crippen LogP contribution in [0.3, 0.4) is 0 Å². The van der Waals surface area contributed by atoms with Crippen LogP contribution in [-0.2, 0) is 0 Å². The highest BCUT2D eigenvalue weighted by Gasteiger charge is 2.15. The third kappa shape index (κ3) is 3.35. The molecule has 0 saturated heterocycles. The quantitative estimate of drug-likeness (QED) is 0.687. The standard InChI is InChI=1S/C15H17N3O3/c1-9-7-14(10(2)6-13(9)18(19)20)21-15-8-12(11(3)16)4-5-17-15/h4-8,11H,16H2,1-3H3. The smallest absolute Gasteiger partial charge is 0.272 e. The van der Waals surface area contributed by atoms with Crippen molar-refractivity contribution in [2.24, 2.45) is 5.73 Å². The Labute approximate surface area is 122 Å². The van der Waals surface area contributed by atoms with E-state index in [9.17, 15) is 10.1 Å². The van der Waals surface area contributed by atoms with E-state index in [1.807, 2.05) is 13.0 Å². The third-order valence-electron chi connectivity index (χ3n) is 3.19. The second kappa shape index (κ2) is 5.88. The van der Waals surface area contributed by atoms with E-state index in [2.05, 4.69) is 4.98 Å². The second-order valence-electron chi connectivity index (χ2n) is 4.98. The fourth-order valence-electron chi connectivity index (χ4n) is 1.96. The van der Waals surface area contributed by atoms with Gasteiger partial charge < -0.3 is 10.5 Å². The van der Waals surface area contributed by atoms with Crippen LogP contribution in [0.2, 0.25) is 0 Å². The molecule has 2 aromatic rings. The van der Waals surface area contributed by atoms with Crippen molar-refractivity contribution >= 4 is 5.69 Å². The van der Waals surface area contributed by atoms with Crippen molar-refractivity contribution in [2.45, 2.75) is 26.8 Å². The summed E-state index contributed by atoms with van der Waals surface area (Å²) in [6.45, 7) is 5.31. The summed E-state index contributed by atoms with van der Waals surface area (Å²) >= 11 is 0. The maximum Gasteiger partial charge on any atom is 0.272 e. The molecule has 0 aliphatic rings. The van der Waals surface area contributed by atoms with E-state index in [4.69, 9.17) is 10.5 Å². The monoisotopic (exact) mass is 287 g/mol. The lowest BCUT2D eigenvalue weighted by atomic mass is 10.1. The minimum absolute atomic E-state index is 0.0807. The van der Waals surface area contributed by atoms with Crippen molar-refractivity contribution in [1.82, 2.24) is 4.98 Å². The molecule has 1 aromatic carbocycles. The van der Waals surface area contributed by atoms with Crippen molar-refractivity contribution in [3.8, 4) is 11.6 Å². The Morgan fingerprint density at radius 1 is 1.29 bits per heavy atom. The molecule has 1 heterocycles. The lowest BCUT2D eigenvalue weighted by molar-refractivity contribution is -0.385. The van der Waals surface area contributed by atoms with E-state index in [1.54, 1.807) is 32.2 Å². The van der Waals surface area contributed by atoms with Gasteiger partial charge in [-0.3, -0.25) is 10.1 Å². The summed E-state index contributed by atoms with van der Waals surface area (Å²) in [5.74, 6) is 0.966. The van der Waals surface area contributed by atoms with Crippen LogP contribution in [-0.4, -0.2) is 9.91 Å². The van der Waals surface area contributed by atoms with Gasteiger partial charge in [-0.1, -0.05) is 0 Å². The number of pyridine rings is 1. The van der Waals surface area contributed by atoms with Gasteiger partial charge in [-0.25, -0.2) is 4.98 Å². The van der Waals surface area contributed by atoms with Crippen LogP contribution in [0.5, 0.6) is 11.6 Å². The van der Waals surface area contributed by atoms with Gasteiger partial charge in [-0.05, 0) is 44.0 Å². The first-order chi connectivity index (χ1) is 9.88. The van der Waals surface area contributed by atoms with Gasteiger partial charge in [0.1, 0.15) is 5.75 Å². The van der Waals surface area contributed by atoms with Gasteiger partial charge in [0.05, 0.1) is 4.92 Å². The van der Waals surface area contributed by atoms with Gasteiger partial charge in [0, 0.05) is 29.9 Å². The van der Waals surface area contributed by atoms with Gasteiger partial charge in [0.2, 0.25) is 5.88 Å². The van der Waals surface area contributed by atoms with Crippen molar-refractivity contribution in [3.05, 3.63) is 57.3 Å². The van der Waals surface area contributed by atoms with E-state index in [0.29, 0.717) is 22.8 Å². The number of nitro benzene ring substituents is 1. The SMILES string of the molecule is Cc1cc([N+](=O)[O-])c(C)cc1Oc1cc(C(C)N)ccn1. The maximum atomic E-state index is 10.9. The van der Waals surface area contributed by atoms with Crippen molar-refractivity contribution in [3.63, 3.8) is 0 Å². The number of ether oxygens (including phenoxy) is 1. The number of benzene rings is 1. The molecule has 2 rings (SSSR count). The number of nitro groups is 1. The Kier molecular flexibility index (Phi) is 4.18. The molecule has 2 N–H and O–H groups in total. The zero-order valence-electron chi connectivity index (χ0n) is 12.2. The largest absolute Gasteiger partial charge is 0.439 e. The van der Waals surface area contributed by atoms with Crippen LogP contribution in [0.25, 0.3) is 0 Å². The van der Waals surface area contributed by atoms with E-state index in [1.165, 1.54) is 6.07 Å². The zero-order chi connectivity index (χ0) is 15.6. The summed E-state index contributed by atoms with van der Waals surface area (Å²) in [6, 6.07) is 6.62. The topological polar surface area (TPSA) is 91.3 Å². The van der Waals surface area contributed by atoms with Gasteiger partial charge in [0.25, 0.3) is 5.69 Å². The highest BCUT2D eigenvalue weighted by atomic mass is 16.6. The number of aromatic nitrogens is 1. The molecule has 110 valence electrons. The fourth-order valence-corrected chi connectivity index (χ4v) is 1.96. The van der Waals surface area contributed by atoms with Crippen molar-refractivity contribution in [2.75, 3.05) is 0 Å². The maximum absolute atomic E-state index is 10.9. The van der Waals surface area contributed by atoms with Crippen LogP contribution in [0, 0.1) is 24.0 Å². The first-order valence-electron chi connectivity index (χ1n) is 6.53.